The average Bonchev–Trinajstić information content (AvgIpc) is 2.88. The Labute approximate surface area is 117 Å². The van der Waals surface area contributed by atoms with Crippen LogP contribution in [0.4, 0.5) is 10.5 Å². The highest BCUT2D eigenvalue weighted by Gasteiger charge is 2.32. The lowest BCUT2D eigenvalue weighted by Crippen LogP contribution is -2.35. The molecule has 0 aromatic carbocycles. The van der Waals surface area contributed by atoms with Crippen molar-refractivity contribution < 1.29 is 14.7 Å². The highest BCUT2D eigenvalue weighted by Crippen LogP contribution is 2.31. The quantitative estimate of drug-likeness (QED) is 0.785. The predicted octanol–water partition coefficient (Wildman–Crippen LogP) is 2.01. The third kappa shape index (κ3) is 3.46. The Kier molecular flexibility index (Phi) is 4.55. The number of aliphatic carboxylic acids is 1. The van der Waals surface area contributed by atoms with Crippen molar-refractivity contribution in [2.24, 2.45) is 11.8 Å². The first-order valence-electron chi connectivity index (χ1n) is 6.76. The molecule has 2 unspecified atom stereocenters. The zero-order valence-electron chi connectivity index (χ0n) is 11.4. The van der Waals surface area contributed by atoms with E-state index in [0.29, 0.717) is 18.7 Å². The van der Waals surface area contributed by atoms with Crippen LogP contribution in [0.3, 0.4) is 0 Å². The van der Waals surface area contributed by atoms with E-state index < -0.39 is 5.97 Å². The highest BCUT2D eigenvalue weighted by atomic mass is 16.4. The Hall–Kier alpha value is -2.11. The molecule has 0 radical (unpaired) electrons. The lowest BCUT2D eigenvalue weighted by Gasteiger charge is -2.16. The number of carboxylic acids is 1. The summed E-state index contributed by atoms with van der Waals surface area (Å²) in [6.07, 6.45) is 5.71. The molecule has 1 aromatic heterocycles. The Morgan fingerprint density at radius 1 is 1.45 bits per heavy atom. The maximum atomic E-state index is 11.8. The second kappa shape index (κ2) is 6.36. The van der Waals surface area contributed by atoms with E-state index in [9.17, 15) is 9.59 Å². The van der Waals surface area contributed by atoms with Crippen LogP contribution in [0, 0.1) is 18.8 Å². The van der Waals surface area contributed by atoms with Crippen LogP contribution in [0.5, 0.6) is 0 Å². The minimum atomic E-state index is -0.766. The number of nitrogens with zero attached hydrogens (tertiary/aromatic N) is 1. The minimum absolute atomic E-state index is 0.0215. The van der Waals surface area contributed by atoms with E-state index in [-0.39, 0.29) is 17.9 Å². The number of rotatable bonds is 4. The molecule has 6 nitrogen and oxygen atoms in total. The average molecular weight is 277 g/mol. The van der Waals surface area contributed by atoms with Crippen LogP contribution in [0.1, 0.15) is 24.8 Å². The monoisotopic (exact) mass is 277 g/mol. The SMILES string of the molecule is Cc1ccncc1NC(=O)NCC1CCCC1C(=O)O. The van der Waals surface area contributed by atoms with Crippen molar-refractivity contribution in [3.05, 3.63) is 24.0 Å². The Morgan fingerprint density at radius 2 is 2.25 bits per heavy atom. The first-order valence-corrected chi connectivity index (χ1v) is 6.76. The summed E-state index contributed by atoms with van der Waals surface area (Å²) in [5, 5.41) is 14.5. The minimum Gasteiger partial charge on any atom is -0.481 e. The Morgan fingerprint density at radius 3 is 2.95 bits per heavy atom. The molecule has 2 rings (SSSR count). The van der Waals surface area contributed by atoms with Crippen LogP contribution < -0.4 is 10.6 Å². The van der Waals surface area contributed by atoms with Crippen molar-refractivity contribution >= 4 is 17.7 Å². The zero-order chi connectivity index (χ0) is 14.5. The maximum absolute atomic E-state index is 11.8. The van der Waals surface area contributed by atoms with Gasteiger partial charge in [0, 0.05) is 12.7 Å². The second-order valence-corrected chi connectivity index (χ2v) is 5.16. The number of nitrogens with one attached hydrogen (secondary N) is 2. The molecule has 0 spiro atoms. The van der Waals surface area contributed by atoms with Crippen molar-refractivity contribution in [1.82, 2.24) is 10.3 Å². The fourth-order valence-corrected chi connectivity index (χ4v) is 2.59. The van der Waals surface area contributed by atoms with Crippen LogP contribution >= 0.6 is 0 Å². The van der Waals surface area contributed by atoms with Gasteiger partial charge in [0.05, 0.1) is 17.8 Å². The molecule has 1 aliphatic carbocycles. The zero-order valence-corrected chi connectivity index (χ0v) is 11.4. The van der Waals surface area contributed by atoms with Gasteiger partial charge in [0.15, 0.2) is 0 Å². The number of hydrogen-bond donors (Lipinski definition) is 3. The molecule has 0 saturated heterocycles. The standard InChI is InChI=1S/C14H19N3O3/c1-9-5-6-15-8-12(9)17-14(20)16-7-10-3-2-4-11(10)13(18)19/h5-6,8,10-11H,2-4,7H2,1H3,(H,18,19)(H2,16,17,20). The number of amides is 2. The topological polar surface area (TPSA) is 91.3 Å². The van der Waals surface area contributed by atoms with Gasteiger partial charge in [0.1, 0.15) is 0 Å². The molecule has 1 saturated carbocycles. The third-order valence-corrected chi connectivity index (χ3v) is 3.79. The van der Waals surface area contributed by atoms with Gasteiger partial charge in [0.25, 0.3) is 0 Å². The highest BCUT2D eigenvalue weighted by molar-refractivity contribution is 5.89. The number of urea groups is 1. The summed E-state index contributed by atoms with van der Waals surface area (Å²) in [7, 11) is 0. The molecule has 2 amide bonds. The second-order valence-electron chi connectivity index (χ2n) is 5.16. The lowest BCUT2D eigenvalue weighted by atomic mass is 9.96. The van der Waals surface area contributed by atoms with Crippen LogP contribution in [-0.2, 0) is 4.79 Å². The van der Waals surface area contributed by atoms with E-state index >= 15 is 0 Å². The predicted molar refractivity (Wildman–Crippen MR) is 74.5 cm³/mol. The van der Waals surface area contributed by atoms with Gasteiger partial charge in [-0.15, -0.1) is 0 Å². The first kappa shape index (κ1) is 14.3. The summed E-state index contributed by atoms with van der Waals surface area (Å²) < 4.78 is 0. The van der Waals surface area contributed by atoms with Gasteiger partial charge in [-0.2, -0.15) is 0 Å². The molecule has 1 aromatic rings. The maximum Gasteiger partial charge on any atom is 0.319 e. The Balaban J connectivity index is 1.84. The number of carboxylic acid groups (broad SMARTS) is 1. The van der Waals surface area contributed by atoms with Gasteiger partial charge >= 0.3 is 12.0 Å². The number of carbonyl (C=O) groups excluding carboxylic acids is 1. The van der Waals surface area contributed by atoms with Crippen molar-refractivity contribution in [2.45, 2.75) is 26.2 Å². The first-order chi connectivity index (χ1) is 9.58. The molecular formula is C14H19N3O3. The van der Waals surface area contributed by atoms with E-state index in [2.05, 4.69) is 15.6 Å². The fraction of sp³-hybridized carbons (Fsp3) is 0.500. The van der Waals surface area contributed by atoms with E-state index in [1.807, 2.05) is 13.0 Å². The largest absolute Gasteiger partial charge is 0.481 e. The summed E-state index contributed by atoms with van der Waals surface area (Å²) in [5.41, 5.74) is 1.59. The van der Waals surface area contributed by atoms with E-state index in [4.69, 9.17) is 5.11 Å². The lowest BCUT2D eigenvalue weighted by molar-refractivity contribution is -0.142. The molecule has 2 atom stereocenters. The van der Waals surface area contributed by atoms with Gasteiger partial charge in [-0.1, -0.05) is 6.42 Å². The molecule has 0 bridgehead atoms. The number of pyridine rings is 1. The van der Waals surface area contributed by atoms with Crippen LogP contribution in [0.15, 0.2) is 18.5 Å². The van der Waals surface area contributed by atoms with Gasteiger partial charge in [0.2, 0.25) is 0 Å². The summed E-state index contributed by atoms with van der Waals surface area (Å²) in [4.78, 5) is 26.8. The molecule has 6 heteroatoms. The van der Waals surface area contributed by atoms with Crippen molar-refractivity contribution in [2.75, 3.05) is 11.9 Å². The molecule has 20 heavy (non-hydrogen) atoms. The number of anilines is 1. The third-order valence-electron chi connectivity index (χ3n) is 3.79. The summed E-state index contributed by atoms with van der Waals surface area (Å²) in [6, 6.07) is 1.49. The fourth-order valence-electron chi connectivity index (χ4n) is 2.59. The van der Waals surface area contributed by atoms with Crippen LogP contribution in [-0.4, -0.2) is 28.6 Å². The van der Waals surface area contributed by atoms with Crippen LogP contribution in [0.2, 0.25) is 0 Å². The van der Waals surface area contributed by atoms with Gasteiger partial charge in [-0.05, 0) is 37.3 Å². The molecule has 3 N–H and O–H groups in total. The summed E-state index contributed by atoms with van der Waals surface area (Å²) in [5.74, 6) is -1.08. The van der Waals surface area contributed by atoms with Crippen molar-refractivity contribution in [3.8, 4) is 0 Å². The summed E-state index contributed by atoms with van der Waals surface area (Å²) >= 11 is 0. The number of aromatic nitrogens is 1. The Bertz CT molecular complexity index is 504. The molecule has 1 fully saturated rings. The van der Waals surface area contributed by atoms with Crippen LogP contribution in [0.25, 0.3) is 0 Å². The molecule has 108 valence electrons. The van der Waals surface area contributed by atoms with E-state index in [1.54, 1.807) is 12.4 Å². The smallest absolute Gasteiger partial charge is 0.319 e. The molecular weight excluding hydrogens is 258 g/mol. The van der Waals surface area contributed by atoms with E-state index in [1.165, 1.54) is 0 Å². The van der Waals surface area contributed by atoms with Crippen molar-refractivity contribution in [3.63, 3.8) is 0 Å². The molecule has 1 aliphatic rings. The van der Waals surface area contributed by atoms with Gasteiger partial charge in [-0.3, -0.25) is 9.78 Å². The number of hydrogen-bond acceptors (Lipinski definition) is 3. The number of aryl methyl sites for hydroxylation is 1. The molecule has 0 aliphatic heterocycles. The van der Waals surface area contributed by atoms with Crippen molar-refractivity contribution in [1.29, 1.82) is 0 Å². The molecule has 1 heterocycles. The number of carbonyl (C=O) groups is 2. The van der Waals surface area contributed by atoms with Gasteiger partial charge < -0.3 is 15.7 Å². The van der Waals surface area contributed by atoms with E-state index in [0.717, 1.165) is 18.4 Å². The van der Waals surface area contributed by atoms with Gasteiger partial charge in [-0.25, -0.2) is 4.79 Å². The summed E-state index contributed by atoms with van der Waals surface area (Å²) in [6.45, 7) is 2.27. The normalized spacial score (nSPS) is 21.4.